The Bertz CT molecular complexity index is 1770. The van der Waals surface area contributed by atoms with Crippen LogP contribution < -0.4 is 21.3 Å². The van der Waals surface area contributed by atoms with Crippen LogP contribution in [0.25, 0.3) is 0 Å². The summed E-state index contributed by atoms with van der Waals surface area (Å²) >= 11 is 0. The Kier molecular flexibility index (Phi) is 4.90. The highest BCUT2D eigenvalue weighted by Crippen LogP contribution is 2.48. The predicted octanol–water partition coefficient (Wildman–Crippen LogP) is 6.68. The van der Waals surface area contributed by atoms with Crippen molar-refractivity contribution in [2.75, 3.05) is 4.90 Å². The van der Waals surface area contributed by atoms with Crippen LogP contribution >= 0.6 is 0 Å². The lowest BCUT2D eigenvalue weighted by Crippen LogP contribution is -2.65. The molecule has 1 nitrogen and oxygen atoms in total. The molecule has 0 fully saturated rings. The molecule has 8 rings (SSSR count). The molecule has 2 aliphatic rings. The van der Waals surface area contributed by atoms with E-state index in [0.29, 0.717) is 0 Å². The minimum absolute atomic E-state index is 0.157. The van der Waals surface area contributed by atoms with Crippen molar-refractivity contribution < 1.29 is 0 Å². The summed E-state index contributed by atoms with van der Waals surface area (Å²) in [6.07, 6.45) is 0. The molecule has 0 saturated carbocycles. The molecule has 6 aromatic rings. The fourth-order valence-corrected chi connectivity index (χ4v) is 7.18. The van der Waals surface area contributed by atoms with Crippen LogP contribution in [0.5, 0.6) is 0 Å². The Labute approximate surface area is 230 Å². The molecule has 0 spiro atoms. The van der Waals surface area contributed by atoms with E-state index in [1.807, 2.05) is 0 Å². The van der Waals surface area contributed by atoms with Gasteiger partial charge in [0.1, 0.15) is 0 Å². The largest absolute Gasteiger partial charge is 0.312 e. The van der Waals surface area contributed by atoms with Crippen LogP contribution in [-0.4, -0.2) is 6.71 Å². The Hall–Kier alpha value is -4.82. The van der Waals surface area contributed by atoms with E-state index in [-0.39, 0.29) is 6.71 Å². The molecule has 2 aliphatic heterocycles. The molecule has 182 valence electrons. The quantitative estimate of drug-likeness (QED) is 0.247. The van der Waals surface area contributed by atoms with Crippen LogP contribution in [0.4, 0.5) is 17.1 Å². The number of rotatable bonds is 3. The Morgan fingerprint density at radius 2 is 0.923 bits per heavy atom. The molecular weight excluding hydrogens is 469 g/mol. The Balaban J connectivity index is 1.56. The summed E-state index contributed by atoms with van der Waals surface area (Å²) in [4.78, 5) is 2.46. The van der Waals surface area contributed by atoms with E-state index in [9.17, 15) is 0 Å². The summed E-state index contributed by atoms with van der Waals surface area (Å²) in [6.45, 7) is 0.157. The predicted molar refractivity (Wildman–Crippen MR) is 164 cm³/mol. The molecule has 0 aliphatic carbocycles. The van der Waals surface area contributed by atoms with E-state index < -0.39 is 5.41 Å². The zero-order valence-electron chi connectivity index (χ0n) is 21.5. The third-order valence-corrected chi connectivity index (χ3v) is 8.61. The first-order valence-corrected chi connectivity index (χ1v) is 13.7. The number of hydrogen-bond acceptors (Lipinski definition) is 1. The second kappa shape index (κ2) is 8.61. The number of hydrogen-bond donors (Lipinski definition) is 0. The average Bonchev–Trinajstić information content (AvgIpc) is 3.02. The first-order valence-electron chi connectivity index (χ1n) is 13.7. The lowest BCUT2D eigenvalue weighted by molar-refractivity contribution is 0.751. The molecule has 0 unspecified atom stereocenters. The maximum absolute atomic E-state index is 2.46. The first kappa shape index (κ1) is 22.2. The summed E-state index contributed by atoms with van der Waals surface area (Å²) in [5.74, 6) is 0. The van der Waals surface area contributed by atoms with Gasteiger partial charge in [-0.15, -0.1) is 0 Å². The van der Waals surface area contributed by atoms with Crippen LogP contribution in [0, 0.1) is 0 Å². The minimum atomic E-state index is -0.435. The molecule has 2 heterocycles. The van der Waals surface area contributed by atoms with Crippen molar-refractivity contribution in [3.05, 3.63) is 180 Å². The molecule has 0 N–H and O–H groups in total. The van der Waals surface area contributed by atoms with Crippen molar-refractivity contribution in [1.29, 1.82) is 0 Å². The van der Waals surface area contributed by atoms with Gasteiger partial charge in [-0.2, -0.15) is 0 Å². The van der Waals surface area contributed by atoms with Gasteiger partial charge in [-0.1, -0.05) is 139 Å². The summed E-state index contributed by atoms with van der Waals surface area (Å²) in [5, 5.41) is 0. The highest BCUT2D eigenvalue weighted by atomic mass is 15.1. The molecular formula is C37H26BN. The standard InChI is InChI=1S/C37H26BN/c1-4-15-27(16-5-1)37(28-17-6-2-7-18-28)30-21-10-11-23-32(30)38-33-24-12-13-25-34(33)39(29-19-8-3-9-20-29)35-26-14-22-31(37)36(35)38/h1-26H. The molecule has 0 saturated heterocycles. The van der Waals surface area contributed by atoms with Crippen LogP contribution in [0.2, 0.25) is 0 Å². The highest BCUT2D eigenvalue weighted by molar-refractivity contribution is 6.99. The normalized spacial score (nSPS) is 14.3. The van der Waals surface area contributed by atoms with Crippen molar-refractivity contribution >= 4 is 40.2 Å². The molecule has 0 aromatic heterocycles. The first-order chi connectivity index (χ1) is 19.4. The average molecular weight is 495 g/mol. The highest BCUT2D eigenvalue weighted by Gasteiger charge is 2.50. The third-order valence-electron chi connectivity index (χ3n) is 8.61. The summed E-state index contributed by atoms with van der Waals surface area (Å²) < 4.78 is 0. The lowest BCUT2D eigenvalue weighted by Gasteiger charge is -2.48. The van der Waals surface area contributed by atoms with Gasteiger partial charge in [0.05, 0.1) is 5.41 Å². The SMILES string of the molecule is c1ccc(N2c3ccccc3B3c4ccccc4C(c4ccccc4)(c4ccccc4)c4cccc2c43)cc1. The van der Waals surface area contributed by atoms with E-state index in [0.717, 1.165) is 0 Å². The lowest BCUT2D eigenvalue weighted by atomic mass is 9.29. The number of benzene rings is 6. The van der Waals surface area contributed by atoms with Gasteiger partial charge in [-0.25, -0.2) is 0 Å². The topological polar surface area (TPSA) is 3.24 Å². The Morgan fingerprint density at radius 1 is 0.410 bits per heavy atom. The van der Waals surface area contributed by atoms with E-state index in [1.165, 1.54) is 55.7 Å². The van der Waals surface area contributed by atoms with Gasteiger partial charge in [-0.05, 0) is 57.4 Å². The second-order valence-corrected chi connectivity index (χ2v) is 10.5. The van der Waals surface area contributed by atoms with Crippen LogP contribution in [0.3, 0.4) is 0 Å². The van der Waals surface area contributed by atoms with Gasteiger partial charge in [0.25, 0.3) is 0 Å². The molecule has 0 radical (unpaired) electrons. The monoisotopic (exact) mass is 495 g/mol. The number of fused-ring (bicyclic) bond motifs is 4. The van der Waals surface area contributed by atoms with Crippen LogP contribution in [0.1, 0.15) is 22.3 Å². The summed E-state index contributed by atoms with van der Waals surface area (Å²) in [5.41, 5.74) is 12.7. The van der Waals surface area contributed by atoms with Gasteiger partial charge in [0.15, 0.2) is 0 Å². The van der Waals surface area contributed by atoms with Gasteiger partial charge < -0.3 is 4.90 Å². The van der Waals surface area contributed by atoms with Crippen LogP contribution in [-0.2, 0) is 5.41 Å². The fraction of sp³-hybridized carbons (Fsp3) is 0.0270. The zero-order valence-corrected chi connectivity index (χ0v) is 21.5. The molecule has 0 bridgehead atoms. The van der Waals surface area contributed by atoms with Gasteiger partial charge in [0, 0.05) is 17.1 Å². The maximum atomic E-state index is 2.46. The van der Waals surface area contributed by atoms with Gasteiger partial charge in [-0.3, -0.25) is 0 Å². The number of anilines is 3. The molecule has 6 aromatic carbocycles. The number of nitrogens with zero attached hydrogens (tertiary/aromatic N) is 1. The van der Waals surface area contributed by atoms with E-state index in [1.54, 1.807) is 0 Å². The van der Waals surface area contributed by atoms with E-state index >= 15 is 0 Å². The van der Waals surface area contributed by atoms with Crippen molar-refractivity contribution in [2.45, 2.75) is 5.41 Å². The van der Waals surface area contributed by atoms with Crippen molar-refractivity contribution in [3.63, 3.8) is 0 Å². The van der Waals surface area contributed by atoms with E-state index in [2.05, 4.69) is 163 Å². The molecule has 2 heteroatoms. The van der Waals surface area contributed by atoms with Crippen molar-refractivity contribution in [3.8, 4) is 0 Å². The minimum Gasteiger partial charge on any atom is -0.312 e. The zero-order chi connectivity index (χ0) is 25.8. The third kappa shape index (κ3) is 3.03. The smallest absolute Gasteiger partial charge is 0.247 e. The summed E-state index contributed by atoms with van der Waals surface area (Å²) in [7, 11) is 0. The maximum Gasteiger partial charge on any atom is 0.247 e. The van der Waals surface area contributed by atoms with E-state index in [4.69, 9.17) is 0 Å². The Morgan fingerprint density at radius 3 is 1.62 bits per heavy atom. The number of para-hydroxylation sites is 2. The van der Waals surface area contributed by atoms with Crippen molar-refractivity contribution in [2.24, 2.45) is 0 Å². The van der Waals surface area contributed by atoms with Gasteiger partial charge >= 0.3 is 0 Å². The molecule has 0 atom stereocenters. The second-order valence-electron chi connectivity index (χ2n) is 10.5. The fourth-order valence-electron chi connectivity index (χ4n) is 7.18. The summed E-state index contributed by atoms with van der Waals surface area (Å²) in [6, 6.07) is 58.0. The molecule has 0 amide bonds. The van der Waals surface area contributed by atoms with Gasteiger partial charge in [0.2, 0.25) is 6.71 Å². The van der Waals surface area contributed by atoms with Crippen molar-refractivity contribution in [1.82, 2.24) is 0 Å². The molecule has 39 heavy (non-hydrogen) atoms. The van der Waals surface area contributed by atoms with Crippen LogP contribution in [0.15, 0.2) is 158 Å².